The highest BCUT2D eigenvalue weighted by atomic mass is 79.9. The molecule has 20 heavy (non-hydrogen) atoms. The van der Waals surface area contributed by atoms with Crippen LogP contribution in [0.1, 0.15) is 23.2 Å². The highest BCUT2D eigenvalue weighted by Gasteiger charge is 2.23. The zero-order chi connectivity index (χ0) is 13.9. The van der Waals surface area contributed by atoms with Gasteiger partial charge in [-0.2, -0.15) is 0 Å². The summed E-state index contributed by atoms with van der Waals surface area (Å²) in [4.78, 5) is 22.9. The zero-order valence-corrected chi connectivity index (χ0v) is 12.7. The number of carbonyl (C=O) groups is 1. The number of carbonyl (C=O) groups excluding carboxylic acids is 1. The van der Waals surface area contributed by atoms with Crippen molar-refractivity contribution < 1.29 is 4.79 Å². The second-order valence-electron chi connectivity index (χ2n) is 5.15. The van der Waals surface area contributed by atoms with Crippen molar-refractivity contribution in [1.29, 1.82) is 0 Å². The molecule has 2 heterocycles. The minimum Gasteiger partial charge on any atom is -0.339 e. The fourth-order valence-electron chi connectivity index (χ4n) is 2.57. The summed E-state index contributed by atoms with van der Waals surface area (Å²) in [6.45, 7) is 1.68. The molecule has 1 saturated heterocycles. The van der Waals surface area contributed by atoms with Crippen molar-refractivity contribution in [3.05, 3.63) is 36.2 Å². The molecule has 0 spiro atoms. The molecule has 0 saturated carbocycles. The molecule has 1 aromatic carbocycles. The van der Waals surface area contributed by atoms with Gasteiger partial charge in [0.25, 0.3) is 5.91 Å². The van der Waals surface area contributed by atoms with Crippen LogP contribution in [0.2, 0.25) is 0 Å². The lowest BCUT2D eigenvalue weighted by Gasteiger charge is -2.31. The molecule has 4 nitrogen and oxygen atoms in total. The molecule has 104 valence electrons. The van der Waals surface area contributed by atoms with E-state index in [2.05, 4.69) is 25.9 Å². The first-order chi connectivity index (χ1) is 9.78. The number of fused-ring (bicyclic) bond motifs is 1. The zero-order valence-electron chi connectivity index (χ0n) is 11.1. The third kappa shape index (κ3) is 2.68. The van der Waals surface area contributed by atoms with Crippen LogP contribution in [0.15, 0.2) is 30.6 Å². The van der Waals surface area contributed by atoms with E-state index in [0.29, 0.717) is 11.5 Å². The maximum absolute atomic E-state index is 12.5. The largest absolute Gasteiger partial charge is 0.339 e. The summed E-state index contributed by atoms with van der Waals surface area (Å²) in [5.41, 5.74) is 2.30. The third-order valence-corrected chi connectivity index (χ3v) is 4.75. The Morgan fingerprint density at radius 1 is 1.20 bits per heavy atom. The summed E-state index contributed by atoms with van der Waals surface area (Å²) in [5.74, 6) is 0.798. The molecule has 1 aromatic heterocycles. The lowest BCUT2D eigenvalue weighted by atomic mass is 9.98. The van der Waals surface area contributed by atoms with Crippen LogP contribution in [0.5, 0.6) is 0 Å². The van der Waals surface area contributed by atoms with Crippen LogP contribution in [0.25, 0.3) is 11.0 Å². The molecule has 5 heteroatoms. The summed E-state index contributed by atoms with van der Waals surface area (Å²) in [5, 5.41) is 1.03. The maximum Gasteiger partial charge on any atom is 0.253 e. The van der Waals surface area contributed by atoms with Gasteiger partial charge >= 0.3 is 0 Å². The molecular formula is C15H16BrN3O. The van der Waals surface area contributed by atoms with Crippen LogP contribution in [0, 0.1) is 5.92 Å². The van der Waals surface area contributed by atoms with Crippen molar-refractivity contribution in [2.24, 2.45) is 5.92 Å². The van der Waals surface area contributed by atoms with E-state index in [1.807, 2.05) is 23.1 Å². The average Bonchev–Trinajstić information content (AvgIpc) is 2.54. The molecule has 1 fully saturated rings. The number of hydrogen-bond acceptors (Lipinski definition) is 3. The highest BCUT2D eigenvalue weighted by Crippen LogP contribution is 2.21. The van der Waals surface area contributed by atoms with Crippen LogP contribution in [0.4, 0.5) is 0 Å². The van der Waals surface area contributed by atoms with Gasteiger partial charge in [-0.05, 0) is 37.0 Å². The van der Waals surface area contributed by atoms with Gasteiger partial charge in [0.2, 0.25) is 0 Å². The average molecular weight is 334 g/mol. The fraction of sp³-hybridized carbons (Fsp3) is 0.400. The number of likely N-dealkylation sites (tertiary alicyclic amines) is 1. The number of rotatable bonds is 2. The van der Waals surface area contributed by atoms with Gasteiger partial charge in [-0.3, -0.25) is 14.8 Å². The number of benzene rings is 1. The van der Waals surface area contributed by atoms with Crippen LogP contribution >= 0.6 is 15.9 Å². The summed E-state index contributed by atoms with van der Waals surface area (Å²) in [7, 11) is 0. The quantitative estimate of drug-likeness (QED) is 0.794. The number of aromatic nitrogens is 2. The molecule has 0 radical (unpaired) electrons. The summed E-state index contributed by atoms with van der Waals surface area (Å²) in [6.07, 6.45) is 5.46. The Hall–Kier alpha value is -1.49. The molecule has 0 unspecified atom stereocenters. The summed E-state index contributed by atoms with van der Waals surface area (Å²) in [6, 6.07) is 5.54. The predicted octanol–water partition coefficient (Wildman–Crippen LogP) is 2.88. The second-order valence-corrected chi connectivity index (χ2v) is 5.80. The molecule has 0 N–H and O–H groups in total. The molecule has 3 rings (SSSR count). The molecular weight excluding hydrogens is 318 g/mol. The van der Waals surface area contributed by atoms with E-state index >= 15 is 0 Å². The van der Waals surface area contributed by atoms with Gasteiger partial charge in [-0.1, -0.05) is 15.9 Å². The van der Waals surface area contributed by atoms with Crippen molar-refractivity contribution in [2.75, 3.05) is 18.4 Å². The predicted molar refractivity (Wildman–Crippen MR) is 82.0 cm³/mol. The monoisotopic (exact) mass is 333 g/mol. The Bertz CT molecular complexity index is 623. The van der Waals surface area contributed by atoms with Crippen molar-refractivity contribution in [1.82, 2.24) is 14.9 Å². The van der Waals surface area contributed by atoms with E-state index in [9.17, 15) is 4.79 Å². The molecule has 1 aliphatic rings. The van der Waals surface area contributed by atoms with E-state index in [1.165, 1.54) is 0 Å². The van der Waals surface area contributed by atoms with Gasteiger partial charge < -0.3 is 4.90 Å². The highest BCUT2D eigenvalue weighted by molar-refractivity contribution is 9.09. The van der Waals surface area contributed by atoms with E-state index in [1.54, 1.807) is 12.4 Å². The molecule has 0 bridgehead atoms. The Morgan fingerprint density at radius 3 is 2.60 bits per heavy atom. The number of hydrogen-bond donors (Lipinski definition) is 0. The van der Waals surface area contributed by atoms with Crippen molar-refractivity contribution >= 4 is 32.9 Å². The first kappa shape index (κ1) is 13.5. The van der Waals surface area contributed by atoms with E-state index in [0.717, 1.165) is 42.3 Å². The van der Waals surface area contributed by atoms with Gasteiger partial charge in [-0.15, -0.1) is 0 Å². The topological polar surface area (TPSA) is 46.1 Å². The molecule has 1 amide bonds. The second kappa shape index (κ2) is 5.87. The van der Waals surface area contributed by atoms with Gasteiger partial charge in [-0.25, -0.2) is 0 Å². The fourth-order valence-corrected chi connectivity index (χ4v) is 3.22. The van der Waals surface area contributed by atoms with E-state index < -0.39 is 0 Å². The maximum atomic E-state index is 12.5. The van der Waals surface area contributed by atoms with E-state index in [4.69, 9.17) is 0 Å². The number of halogens is 1. The Labute approximate surface area is 126 Å². The Kier molecular flexibility index (Phi) is 3.96. The van der Waals surface area contributed by atoms with Gasteiger partial charge in [0.05, 0.1) is 11.0 Å². The standard InChI is InChI=1S/C15H16BrN3O/c16-10-11-3-7-19(8-4-11)15(20)12-1-2-13-14(9-12)18-6-5-17-13/h1-2,5-6,9,11H,3-4,7-8,10H2. The van der Waals surface area contributed by atoms with Gasteiger partial charge in [0, 0.05) is 36.4 Å². The van der Waals surface area contributed by atoms with Gasteiger partial charge in [0.1, 0.15) is 0 Å². The third-order valence-electron chi connectivity index (χ3n) is 3.84. The van der Waals surface area contributed by atoms with E-state index in [-0.39, 0.29) is 5.91 Å². The summed E-state index contributed by atoms with van der Waals surface area (Å²) >= 11 is 3.52. The molecule has 2 aromatic rings. The number of alkyl halides is 1. The first-order valence-electron chi connectivity index (χ1n) is 6.84. The first-order valence-corrected chi connectivity index (χ1v) is 7.96. The Morgan fingerprint density at radius 2 is 1.90 bits per heavy atom. The van der Waals surface area contributed by atoms with Crippen molar-refractivity contribution in [3.8, 4) is 0 Å². The van der Waals surface area contributed by atoms with Crippen LogP contribution in [0.3, 0.4) is 0 Å². The van der Waals surface area contributed by atoms with Crippen molar-refractivity contribution in [3.63, 3.8) is 0 Å². The van der Waals surface area contributed by atoms with Crippen LogP contribution in [-0.2, 0) is 0 Å². The van der Waals surface area contributed by atoms with Crippen LogP contribution < -0.4 is 0 Å². The molecule has 0 atom stereocenters. The normalized spacial score (nSPS) is 16.6. The lowest BCUT2D eigenvalue weighted by molar-refractivity contribution is 0.0699. The Balaban J connectivity index is 1.79. The number of piperidine rings is 1. The smallest absolute Gasteiger partial charge is 0.253 e. The SMILES string of the molecule is O=C(c1ccc2nccnc2c1)N1CCC(CBr)CC1. The van der Waals surface area contributed by atoms with Gasteiger partial charge in [0.15, 0.2) is 0 Å². The van der Waals surface area contributed by atoms with Crippen LogP contribution in [-0.4, -0.2) is 39.2 Å². The number of amides is 1. The molecule has 0 aliphatic carbocycles. The number of nitrogens with zero attached hydrogens (tertiary/aromatic N) is 3. The molecule has 1 aliphatic heterocycles. The summed E-state index contributed by atoms with van der Waals surface area (Å²) < 4.78 is 0. The minimum atomic E-state index is 0.102. The van der Waals surface area contributed by atoms with Crippen molar-refractivity contribution in [2.45, 2.75) is 12.8 Å². The lowest BCUT2D eigenvalue weighted by Crippen LogP contribution is -2.38. The minimum absolute atomic E-state index is 0.102.